The van der Waals surface area contributed by atoms with Crippen LogP contribution in [0, 0.1) is 0 Å². The van der Waals surface area contributed by atoms with Gasteiger partial charge < -0.3 is 14.4 Å². The van der Waals surface area contributed by atoms with E-state index in [1.54, 1.807) is 22.9 Å². The molecule has 1 aliphatic heterocycles. The molecule has 0 N–H and O–H groups in total. The van der Waals surface area contributed by atoms with Crippen LogP contribution in [-0.4, -0.2) is 72.5 Å². The molecule has 0 spiro atoms. The predicted octanol–water partition coefficient (Wildman–Crippen LogP) is 1.17. The van der Waals surface area contributed by atoms with Crippen molar-refractivity contribution in [3.63, 3.8) is 0 Å². The minimum absolute atomic E-state index is 0.107. The Morgan fingerprint density at radius 3 is 2.92 bits per heavy atom. The molecular formula is C18H24N4O3. The third kappa shape index (κ3) is 4.58. The van der Waals surface area contributed by atoms with Crippen LogP contribution < -0.4 is 4.74 Å². The van der Waals surface area contributed by atoms with E-state index >= 15 is 0 Å². The van der Waals surface area contributed by atoms with Crippen LogP contribution in [-0.2, 0) is 16.1 Å². The van der Waals surface area contributed by atoms with Gasteiger partial charge in [-0.1, -0.05) is 6.07 Å². The highest BCUT2D eigenvalue weighted by atomic mass is 16.5. The maximum Gasteiger partial charge on any atom is 0.236 e. The Morgan fingerprint density at radius 1 is 1.36 bits per heavy atom. The van der Waals surface area contributed by atoms with Crippen LogP contribution in [0.15, 0.2) is 36.7 Å². The number of benzene rings is 1. The maximum atomic E-state index is 12.4. The molecular weight excluding hydrogens is 320 g/mol. The van der Waals surface area contributed by atoms with Crippen LogP contribution in [0.5, 0.6) is 5.75 Å². The first kappa shape index (κ1) is 17.4. The van der Waals surface area contributed by atoms with Crippen LogP contribution in [0.4, 0.5) is 0 Å². The molecule has 1 saturated heterocycles. The van der Waals surface area contributed by atoms with Crippen molar-refractivity contribution in [3.8, 4) is 11.4 Å². The maximum absolute atomic E-state index is 12.4. The first-order valence-electron chi connectivity index (χ1n) is 8.38. The molecule has 3 rings (SSSR count). The van der Waals surface area contributed by atoms with Gasteiger partial charge in [-0.15, -0.1) is 0 Å². The standard InChI is InChI=1S/C18H24N4O3/c1-20(18(23)14-21-6-8-25-9-7-21)12-15-11-19-22(13-15)16-4-3-5-17(10-16)24-2/h3-5,10-11,13H,6-9,12,14H2,1-2H3. The van der Waals surface area contributed by atoms with Gasteiger partial charge in [-0.25, -0.2) is 4.68 Å². The molecule has 0 aliphatic carbocycles. The first-order valence-corrected chi connectivity index (χ1v) is 8.38. The van der Waals surface area contributed by atoms with E-state index in [1.165, 1.54) is 0 Å². The molecule has 0 radical (unpaired) electrons. The number of methoxy groups -OCH3 is 1. The van der Waals surface area contributed by atoms with Gasteiger partial charge in [-0.05, 0) is 12.1 Å². The second-order valence-electron chi connectivity index (χ2n) is 6.13. The number of amides is 1. The largest absolute Gasteiger partial charge is 0.497 e. The van der Waals surface area contributed by atoms with Gasteiger partial charge in [0.05, 0.1) is 38.8 Å². The van der Waals surface area contributed by atoms with E-state index in [2.05, 4.69) is 10.00 Å². The molecule has 134 valence electrons. The molecule has 1 aromatic carbocycles. The van der Waals surface area contributed by atoms with Crippen molar-refractivity contribution in [2.75, 3.05) is 47.0 Å². The van der Waals surface area contributed by atoms with E-state index < -0.39 is 0 Å². The summed E-state index contributed by atoms with van der Waals surface area (Å²) in [5.74, 6) is 0.892. The molecule has 2 heterocycles. The number of carbonyl (C=O) groups is 1. The Morgan fingerprint density at radius 2 is 2.16 bits per heavy atom. The Kier molecular flexibility index (Phi) is 5.67. The normalized spacial score (nSPS) is 15.1. The molecule has 0 bridgehead atoms. The highest BCUT2D eigenvalue weighted by Gasteiger charge is 2.17. The average Bonchev–Trinajstić information content (AvgIpc) is 3.11. The highest BCUT2D eigenvalue weighted by molar-refractivity contribution is 5.78. The van der Waals surface area contributed by atoms with E-state index in [1.807, 2.05) is 37.5 Å². The summed E-state index contributed by atoms with van der Waals surface area (Å²) in [6, 6.07) is 7.70. The summed E-state index contributed by atoms with van der Waals surface area (Å²) >= 11 is 0. The molecule has 1 fully saturated rings. The third-order valence-electron chi connectivity index (χ3n) is 4.26. The van der Waals surface area contributed by atoms with Gasteiger partial charge in [-0.3, -0.25) is 9.69 Å². The zero-order chi connectivity index (χ0) is 17.6. The Balaban J connectivity index is 1.59. The quantitative estimate of drug-likeness (QED) is 0.787. The fourth-order valence-electron chi connectivity index (χ4n) is 2.77. The number of aromatic nitrogens is 2. The van der Waals surface area contributed by atoms with E-state index in [9.17, 15) is 4.79 Å². The molecule has 1 amide bonds. The van der Waals surface area contributed by atoms with Crippen LogP contribution in [0.3, 0.4) is 0 Å². The molecule has 0 unspecified atom stereocenters. The summed E-state index contributed by atoms with van der Waals surface area (Å²) in [5.41, 5.74) is 1.91. The topological polar surface area (TPSA) is 59.8 Å². The predicted molar refractivity (Wildman–Crippen MR) is 93.8 cm³/mol. The average molecular weight is 344 g/mol. The number of hydrogen-bond acceptors (Lipinski definition) is 5. The third-order valence-corrected chi connectivity index (χ3v) is 4.26. The van der Waals surface area contributed by atoms with Gasteiger partial charge in [-0.2, -0.15) is 5.10 Å². The molecule has 0 atom stereocenters. The van der Waals surface area contributed by atoms with E-state index in [4.69, 9.17) is 9.47 Å². The number of likely N-dealkylation sites (N-methyl/N-ethyl adjacent to an activating group) is 1. The van der Waals surface area contributed by atoms with E-state index in [0.717, 1.165) is 30.1 Å². The fourth-order valence-corrected chi connectivity index (χ4v) is 2.77. The van der Waals surface area contributed by atoms with Crippen molar-refractivity contribution < 1.29 is 14.3 Å². The molecule has 7 heteroatoms. The number of hydrogen-bond donors (Lipinski definition) is 0. The Bertz CT molecular complexity index is 710. The Labute approximate surface area is 147 Å². The number of rotatable bonds is 6. The van der Waals surface area contributed by atoms with E-state index in [0.29, 0.717) is 26.3 Å². The highest BCUT2D eigenvalue weighted by Crippen LogP contribution is 2.16. The fraction of sp³-hybridized carbons (Fsp3) is 0.444. The van der Waals surface area contributed by atoms with Crippen molar-refractivity contribution in [2.45, 2.75) is 6.54 Å². The lowest BCUT2D eigenvalue weighted by Gasteiger charge is -2.27. The van der Waals surface area contributed by atoms with Crippen LogP contribution in [0.25, 0.3) is 5.69 Å². The van der Waals surface area contributed by atoms with E-state index in [-0.39, 0.29) is 5.91 Å². The molecule has 7 nitrogen and oxygen atoms in total. The van der Waals surface area contributed by atoms with Gasteiger partial charge in [0.1, 0.15) is 5.75 Å². The molecule has 2 aromatic rings. The van der Waals surface area contributed by atoms with Crippen molar-refractivity contribution in [3.05, 3.63) is 42.2 Å². The molecule has 1 aliphatic rings. The summed E-state index contributed by atoms with van der Waals surface area (Å²) in [4.78, 5) is 16.2. The van der Waals surface area contributed by atoms with Gasteiger partial charge >= 0.3 is 0 Å². The van der Waals surface area contributed by atoms with Crippen molar-refractivity contribution in [1.82, 2.24) is 19.6 Å². The molecule has 25 heavy (non-hydrogen) atoms. The summed E-state index contributed by atoms with van der Waals surface area (Å²) < 4.78 is 12.3. The minimum atomic E-state index is 0.107. The van der Waals surface area contributed by atoms with Crippen LogP contribution in [0.1, 0.15) is 5.56 Å². The lowest BCUT2D eigenvalue weighted by Crippen LogP contribution is -2.43. The SMILES string of the molecule is COc1cccc(-n2cc(CN(C)C(=O)CN3CCOCC3)cn2)c1. The molecule has 0 saturated carbocycles. The second-order valence-corrected chi connectivity index (χ2v) is 6.13. The zero-order valence-electron chi connectivity index (χ0n) is 14.7. The summed E-state index contributed by atoms with van der Waals surface area (Å²) in [6.45, 7) is 3.99. The van der Waals surface area contributed by atoms with Crippen LogP contribution in [0.2, 0.25) is 0 Å². The number of morpholine rings is 1. The molecule has 1 aromatic heterocycles. The van der Waals surface area contributed by atoms with Crippen LogP contribution >= 0.6 is 0 Å². The van der Waals surface area contributed by atoms with Gasteiger partial charge in [0.25, 0.3) is 0 Å². The number of nitrogens with zero attached hydrogens (tertiary/aromatic N) is 4. The van der Waals surface area contributed by atoms with Crippen molar-refractivity contribution >= 4 is 5.91 Å². The lowest BCUT2D eigenvalue weighted by atomic mass is 10.3. The Hall–Kier alpha value is -2.38. The van der Waals surface area contributed by atoms with Gasteiger partial charge in [0, 0.05) is 44.5 Å². The summed E-state index contributed by atoms with van der Waals surface area (Å²) in [7, 11) is 3.47. The smallest absolute Gasteiger partial charge is 0.236 e. The van der Waals surface area contributed by atoms with Crippen molar-refractivity contribution in [2.24, 2.45) is 0 Å². The number of carbonyl (C=O) groups excluding carboxylic acids is 1. The van der Waals surface area contributed by atoms with Crippen molar-refractivity contribution in [1.29, 1.82) is 0 Å². The summed E-state index contributed by atoms with van der Waals surface area (Å²) in [6.07, 6.45) is 3.73. The zero-order valence-corrected chi connectivity index (χ0v) is 14.7. The number of ether oxygens (including phenoxy) is 2. The second kappa shape index (κ2) is 8.13. The minimum Gasteiger partial charge on any atom is -0.497 e. The summed E-state index contributed by atoms with van der Waals surface area (Å²) in [5, 5.41) is 4.39. The van der Waals surface area contributed by atoms with Gasteiger partial charge in [0.2, 0.25) is 5.91 Å². The monoisotopic (exact) mass is 344 g/mol. The lowest BCUT2D eigenvalue weighted by molar-refractivity contribution is -0.132. The van der Waals surface area contributed by atoms with Gasteiger partial charge in [0.15, 0.2) is 0 Å². The first-order chi connectivity index (χ1) is 12.2.